The summed E-state index contributed by atoms with van der Waals surface area (Å²) in [7, 11) is 0. The molecule has 0 unspecified atom stereocenters. The Morgan fingerprint density at radius 1 is 1.21 bits per heavy atom. The number of nitrogens with zero attached hydrogens (tertiary/aromatic N) is 4. The first-order chi connectivity index (χ1) is 14.3. The molecule has 2 aliphatic rings. The van der Waals surface area contributed by atoms with Gasteiger partial charge in [0.15, 0.2) is 10.9 Å². The first-order valence-corrected chi connectivity index (χ1v) is 11.1. The van der Waals surface area contributed by atoms with Crippen LogP contribution in [0.1, 0.15) is 25.7 Å². The summed E-state index contributed by atoms with van der Waals surface area (Å²) >= 11 is 1.69. The molecular weight excluding hydrogens is 386 g/mol. The van der Waals surface area contributed by atoms with Crippen LogP contribution < -0.4 is 15.0 Å². The smallest absolute Gasteiger partial charge is 0.257 e. The second-order valence-electron chi connectivity index (χ2n) is 7.86. The van der Waals surface area contributed by atoms with E-state index in [2.05, 4.69) is 31.2 Å². The van der Waals surface area contributed by atoms with E-state index in [1.54, 1.807) is 23.7 Å². The fourth-order valence-electron chi connectivity index (χ4n) is 4.07. The van der Waals surface area contributed by atoms with E-state index >= 15 is 0 Å². The summed E-state index contributed by atoms with van der Waals surface area (Å²) in [5.41, 5.74) is 1.04. The SMILES string of the molecule is OC[C@@H]1CCCN(c2nccnc2O[C@H]2C[C@@H](Nc3nc4ccccc4s3)C2)C1. The summed E-state index contributed by atoms with van der Waals surface area (Å²) in [4.78, 5) is 15.8. The number of fused-ring (bicyclic) bond motifs is 1. The summed E-state index contributed by atoms with van der Waals surface area (Å²) in [6, 6.07) is 8.57. The Morgan fingerprint density at radius 2 is 2.07 bits per heavy atom. The quantitative estimate of drug-likeness (QED) is 0.644. The number of benzene rings is 1. The van der Waals surface area contributed by atoms with Crippen LogP contribution in [0.5, 0.6) is 5.88 Å². The summed E-state index contributed by atoms with van der Waals surface area (Å²) in [5.74, 6) is 1.70. The van der Waals surface area contributed by atoms with Gasteiger partial charge in [0.1, 0.15) is 6.10 Å². The van der Waals surface area contributed by atoms with Gasteiger partial charge >= 0.3 is 0 Å². The Bertz CT molecular complexity index is 941. The van der Waals surface area contributed by atoms with E-state index in [4.69, 9.17) is 4.74 Å². The fourth-order valence-corrected chi connectivity index (χ4v) is 5.01. The molecule has 0 amide bonds. The highest BCUT2D eigenvalue weighted by Gasteiger charge is 2.33. The second kappa shape index (κ2) is 8.12. The van der Waals surface area contributed by atoms with Crippen LogP contribution in [0.15, 0.2) is 36.7 Å². The molecule has 8 heteroatoms. The molecule has 1 saturated heterocycles. The van der Waals surface area contributed by atoms with E-state index in [0.717, 1.165) is 55.2 Å². The molecule has 2 fully saturated rings. The van der Waals surface area contributed by atoms with Gasteiger partial charge in [0.2, 0.25) is 0 Å². The predicted octanol–water partition coefficient (Wildman–Crippen LogP) is 3.32. The normalized spacial score (nSPS) is 24.3. The van der Waals surface area contributed by atoms with Crippen LogP contribution in [0.4, 0.5) is 10.9 Å². The molecule has 1 aliphatic carbocycles. The van der Waals surface area contributed by atoms with Crippen molar-refractivity contribution in [3.05, 3.63) is 36.7 Å². The topological polar surface area (TPSA) is 83.4 Å². The molecule has 2 N–H and O–H groups in total. The number of hydrogen-bond donors (Lipinski definition) is 2. The predicted molar refractivity (Wildman–Crippen MR) is 115 cm³/mol. The van der Waals surface area contributed by atoms with E-state index in [1.165, 1.54) is 4.70 Å². The fraction of sp³-hybridized carbons (Fsp3) is 0.476. The number of aliphatic hydroxyl groups is 1. The average molecular weight is 412 g/mol. The molecule has 3 aromatic rings. The number of aliphatic hydroxyl groups excluding tert-OH is 1. The van der Waals surface area contributed by atoms with E-state index in [-0.39, 0.29) is 12.7 Å². The van der Waals surface area contributed by atoms with Gasteiger partial charge in [-0.15, -0.1) is 0 Å². The van der Waals surface area contributed by atoms with Gasteiger partial charge in [-0.05, 0) is 30.9 Å². The number of piperidine rings is 1. The number of aromatic nitrogens is 3. The molecule has 1 atom stereocenters. The monoisotopic (exact) mass is 411 g/mol. The van der Waals surface area contributed by atoms with Gasteiger partial charge in [0.05, 0.1) is 10.2 Å². The largest absolute Gasteiger partial charge is 0.472 e. The Labute approximate surface area is 173 Å². The van der Waals surface area contributed by atoms with Gasteiger partial charge in [-0.1, -0.05) is 23.5 Å². The number of rotatable bonds is 6. The first-order valence-electron chi connectivity index (χ1n) is 10.2. The molecule has 0 bridgehead atoms. The molecule has 29 heavy (non-hydrogen) atoms. The highest BCUT2D eigenvalue weighted by Crippen LogP contribution is 2.34. The molecule has 0 spiro atoms. The maximum Gasteiger partial charge on any atom is 0.257 e. The van der Waals surface area contributed by atoms with Gasteiger partial charge in [0, 0.05) is 51.0 Å². The van der Waals surface area contributed by atoms with Crippen molar-refractivity contribution in [1.29, 1.82) is 0 Å². The summed E-state index contributed by atoms with van der Waals surface area (Å²) in [6.45, 7) is 1.95. The van der Waals surface area contributed by atoms with Crippen LogP contribution in [0.25, 0.3) is 10.2 Å². The van der Waals surface area contributed by atoms with Crippen LogP contribution in [0.3, 0.4) is 0 Å². The van der Waals surface area contributed by atoms with Crippen molar-refractivity contribution in [3.8, 4) is 5.88 Å². The summed E-state index contributed by atoms with van der Waals surface area (Å²) in [6.07, 6.45) is 7.49. The molecular formula is C21H25N5O2S. The lowest BCUT2D eigenvalue weighted by molar-refractivity contribution is 0.102. The van der Waals surface area contributed by atoms with E-state index < -0.39 is 0 Å². The van der Waals surface area contributed by atoms with Crippen molar-refractivity contribution in [2.24, 2.45) is 5.92 Å². The maximum absolute atomic E-state index is 9.51. The van der Waals surface area contributed by atoms with Crippen LogP contribution in [-0.2, 0) is 0 Å². The number of anilines is 2. The van der Waals surface area contributed by atoms with Gasteiger partial charge in [-0.25, -0.2) is 15.0 Å². The third-order valence-electron chi connectivity index (χ3n) is 5.72. The number of thiazole rings is 1. The molecule has 7 nitrogen and oxygen atoms in total. The molecule has 1 aliphatic heterocycles. The molecule has 1 saturated carbocycles. The van der Waals surface area contributed by atoms with Crippen molar-refractivity contribution in [1.82, 2.24) is 15.0 Å². The Hall–Kier alpha value is -2.45. The van der Waals surface area contributed by atoms with Crippen molar-refractivity contribution in [3.63, 3.8) is 0 Å². The zero-order valence-corrected chi connectivity index (χ0v) is 17.0. The zero-order valence-electron chi connectivity index (χ0n) is 16.2. The molecule has 2 aromatic heterocycles. The van der Waals surface area contributed by atoms with Crippen LogP contribution in [0.2, 0.25) is 0 Å². The Kier molecular flexibility index (Phi) is 5.20. The minimum Gasteiger partial charge on any atom is -0.472 e. The van der Waals surface area contributed by atoms with Gasteiger partial charge < -0.3 is 20.1 Å². The zero-order chi connectivity index (χ0) is 19.6. The standard InChI is InChI=1S/C21H25N5O2S/c27-13-14-4-3-9-26(12-14)19-20(23-8-7-22-19)28-16-10-15(11-16)24-21-25-17-5-1-2-6-18(17)29-21/h1-2,5-8,14-16,27H,3-4,9-13H2,(H,24,25)/t14-,15-,16+/m1/s1. The van der Waals surface area contributed by atoms with Crippen molar-refractivity contribution >= 4 is 32.5 Å². The van der Waals surface area contributed by atoms with Crippen molar-refractivity contribution in [2.45, 2.75) is 37.8 Å². The minimum atomic E-state index is 0.135. The number of ether oxygens (including phenoxy) is 1. The number of hydrogen-bond acceptors (Lipinski definition) is 8. The van der Waals surface area contributed by atoms with Gasteiger partial charge in [-0.3, -0.25) is 0 Å². The minimum absolute atomic E-state index is 0.135. The lowest BCUT2D eigenvalue weighted by Gasteiger charge is -2.37. The van der Waals surface area contributed by atoms with Crippen LogP contribution >= 0.6 is 11.3 Å². The lowest BCUT2D eigenvalue weighted by Crippen LogP contribution is -2.43. The van der Waals surface area contributed by atoms with E-state index in [1.807, 2.05) is 18.2 Å². The Morgan fingerprint density at radius 3 is 2.93 bits per heavy atom. The highest BCUT2D eigenvalue weighted by atomic mass is 32.1. The van der Waals surface area contributed by atoms with E-state index in [9.17, 15) is 5.11 Å². The van der Waals surface area contributed by atoms with Gasteiger partial charge in [-0.2, -0.15) is 0 Å². The molecule has 1 aromatic carbocycles. The number of nitrogens with one attached hydrogen (secondary N) is 1. The summed E-state index contributed by atoms with van der Waals surface area (Å²) in [5, 5.41) is 14.0. The van der Waals surface area contributed by atoms with Crippen molar-refractivity contribution in [2.75, 3.05) is 29.9 Å². The van der Waals surface area contributed by atoms with Gasteiger partial charge in [0.25, 0.3) is 5.88 Å². The third-order valence-corrected chi connectivity index (χ3v) is 6.69. The lowest BCUT2D eigenvalue weighted by atomic mass is 9.89. The highest BCUT2D eigenvalue weighted by molar-refractivity contribution is 7.22. The number of para-hydroxylation sites is 1. The molecule has 3 heterocycles. The average Bonchev–Trinajstić information content (AvgIpc) is 3.15. The molecule has 5 rings (SSSR count). The van der Waals surface area contributed by atoms with Crippen LogP contribution in [0, 0.1) is 5.92 Å². The second-order valence-corrected chi connectivity index (χ2v) is 8.89. The molecule has 152 valence electrons. The van der Waals surface area contributed by atoms with Crippen LogP contribution in [-0.4, -0.2) is 51.9 Å². The third kappa shape index (κ3) is 4.00. The Balaban J connectivity index is 1.19. The molecule has 0 radical (unpaired) electrons. The summed E-state index contributed by atoms with van der Waals surface area (Å²) < 4.78 is 7.40. The maximum atomic E-state index is 9.51. The van der Waals surface area contributed by atoms with Crippen molar-refractivity contribution < 1.29 is 9.84 Å². The van der Waals surface area contributed by atoms with E-state index in [0.29, 0.717) is 17.8 Å². The first kappa shape index (κ1) is 18.6.